The summed E-state index contributed by atoms with van der Waals surface area (Å²) >= 11 is 6.28. The standard InChI is InChI=1S/C16H15NO5S2/c1-2-3-10(15(19)20)17-14(18)13(24-16(17)23)7-9-4-5-11-12(6-9)22-8-21-11/h4-7,10H,2-3,8H2,1H3,(H,19,20)/p-1/b13-7+/t10-/m1/s1. The lowest BCUT2D eigenvalue weighted by molar-refractivity contribution is -0.310. The Labute approximate surface area is 148 Å². The van der Waals surface area contributed by atoms with Crippen LogP contribution in [0.5, 0.6) is 11.5 Å². The molecule has 6 nitrogen and oxygen atoms in total. The lowest BCUT2D eigenvalue weighted by atomic mass is 10.1. The molecule has 24 heavy (non-hydrogen) atoms. The van der Waals surface area contributed by atoms with Crippen LogP contribution in [0.3, 0.4) is 0 Å². The zero-order chi connectivity index (χ0) is 17.3. The Morgan fingerprint density at radius 2 is 2.21 bits per heavy atom. The molecule has 1 aromatic carbocycles. The summed E-state index contributed by atoms with van der Waals surface area (Å²) < 4.78 is 10.8. The number of nitrogens with zero attached hydrogens (tertiary/aromatic N) is 1. The molecule has 2 aliphatic rings. The molecule has 0 spiro atoms. The van der Waals surface area contributed by atoms with Gasteiger partial charge in [0.1, 0.15) is 4.32 Å². The molecule has 8 heteroatoms. The quantitative estimate of drug-likeness (QED) is 0.579. The van der Waals surface area contributed by atoms with E-state index >= 15 is 0 Å². The fourth-order valence-corrected chi connectivity index (χ4v) is 3.89. The number of rotatable bonds is 5. The number of hydrogen-bond acceptors (Lipinski definition) is 7. The van der Waals surface area contributed by atoms with Crippen molar-refractivity contribution in [1.82, 2.24) is 4.90 Å². The smallest absolute Gasteiger partial charge is 0.266 e. The van der Waals surface area contributed by atoms with Gasteiger partial charge in [-0.25, -0.2) is 0 Å². The number of hydrogen-bond donors (Lipinski definition) is 0. The summed E-state index contributed by atoms with van der Waals surface area (Å²) in [6, 6.07) is 4.28. The van der Waals surface area contributed by atoms with Gasteiger partial charge in [0.25, 0.3) is 5.91 Å². The fraction of sp³-hybridized carbons (Fsp3) is 0.312. The third-order valence-corrected chi connectivity index (χ3v) is 4.99. The van der Waals surface area contributed by atoms with Crippen molar-refractivity contribution in [3.63, 3.8) is 0 Å². The minimum absolute atomic E-state index is 0.172. The minimum Gasteiger partial charge on any atom is -0.548 e. The number of thiocarbonyl (C=S) groups is 1. The van der Waals surface area contributed by atoms with Crippen LogP contribution in [0.4, 0.5) is 0 Å². The molecule has 1 amide bonds. The Balaban J connectivity index is 1.86. The first-order valence-corrected chi connectivity index (χ1v) is 8.61. The number of ether oxygens (including phenoxy) is 2. The van der Waals surface area contributed by atoms with E-state index in [1.54, 1.807) is 24.3 Å². The van der Waals surface area contributed by atoms with Crippen LogP contribution in [0.1, 0.15) is 25.3 Å². The third kappa shape index (κ3) is 3.11. The van der Waals surface area contributed by atoms with Gasteiger partial charge in [-0.05, 0) is 30.2 Å². The summed E-state index contributed by atoms with van der Waals surface area (Å²) in [6.07, 6.45) is 2.57. The molecule has 1 aromatic rings. The van der Waals surface area contributed by atoms with Crippen LogP contribution in [0, 0.1) is 0 Å². The molecule has 1 fully saturated rings. The van der Waals surface area contributed by atoms with Gasteiger partial charge in [-0.2, -0.15) is 0 Å². The van der Waals surface area contributed by atoms with E-state index in [0.717, 1.165) is 22.2 Å². The monoisotopic (exact) mass is 364 g/mol. The molecule has 0 aromatic heterocycles. The molecule has 0 aliphatic carbocycles. The normalized spacial score (nSPS) is 19.2. The Morgan fingerprint density at radius 1 is 1.46 bits per heavy atom. The van der Waals surface area contributed by atoms with E-state index in [1.165, 1.54) is 0 Å². The van der Waals surface area contributed by atoms with E-state index in [0.29, 0.717) is 29.2 Å². The maximum Gasteiger partial charge on any atom is 0.266 e. The number of carboxylic acids is 1. The highest BCUT2D eigenvalue weighted by Crippen LogP contribution is 2.37. The fourth-order valence-electron chi connectivity index (χ4n) is 2.53. The SMILES string of the molecule is CCC[C@H](C(=O)[O-])N1C(=O)/C(=C\c2ccc3c(c2)OCO3)SC1=S. The first-order valence-electron chi connectivity index (χ1n) is 7.39. The summed E-state index contributed by atoms with van der Waals surface area (Å²) in [7, 11) is 0. The number of carbonyl (C=O) groups is 2. The van der Waals surface area contributed by atoms with Gasteiger partial charge in [-0.15, -0.1) is 0 Å². The summed E-state index contributed by atoms with van der Waals surface area (Å²) in [4.78, 5) is 25.4. The molecule has 0 bridgehead atoms. The molecular formula is C16H14NO5S2-. The topological polar surface area (TPSA) is 78.9 Å². The molecule has 126 valence electrons. The molecule has 2 heterocycles. The van der Waals surface area contributed by atoms with E-state index < -0.39 is 17.9 Å². The molecule has 0 unspecified atom stereocenters. The summed E-state index contributed by atoms with van der Waals surface area (Å²) in [5, 5.41) is 11.3. The summed E-state index contributed by atoms with van der Waals surface area (Å²) in [5.41, 5.74) is 0.750. The van der Waals surface area contributed by atoms with E-state index in [4.69, 9.17) is 21.7 Å². The number of carbonyl (C=O) groups excluding carboxylic acids is 2. The van der Waals surface area contributed by atoms with Crippen molar-refractivity contribution >= 4 is 46.3 Å². The van der Waals surface area contributed by atoms with E-state index in [9.17, 15) is 14.7 Å². The van der Waals surface area contributed by atoms with Crippen molar-refractivity contribution < 1.29 is 24.2 Å². The Kier molecular flexibility index (Phi) is 4.77. The number of thioether (sulfide) groups is 1. The lowest BCUT2D eigenvalue weighted by Crippen LogP contribution is -2.49. The third-order valence-electron chi connectivity index (χ3n) is 3.66. The highest BCUT2D eigenvalue weighted by molar-refractivity contribution is 8.26. The second-order valence-electron chi connectivity index (χ2n) is 5.29. The molecule has 1 atom stereocenters. The largest absolute Gasteiger partial charge is 0.548 e. The van der Waals surface area contributed by atoms with Crippen molar-refractivity contribution in [3.05, 3.63) is 28.7 Å². The number of aliphatic carboxylic acids is 1. The van der Waals surface area contributed by atoms with Crippen molar-refractivity contribution in [1.29, 1.82) is 0 Å². The predicted molar refractivity (Wildman–Crippen MR) is 91.3 cm³/mol. The Morgan fingerprint density at radius 3 is 2.92 bits per heavy atom. The van der Waals surface area contributed by atoms with Crippen LogP contribution in [-0.4, -0.2) is 33.9 Å². The van der Waals surface area contributed by atoms with E-state index in [-0.39, 0.29) is 11.1 Å². The Bertz CT molecular complexity index is 746. The second-order valence-corrected chi connectivity index (χ2v) is 6.96. The summed E-state index contributed by atoms with van der Waals surface area (Å²) in [5.74, 6) is -0.444. The van der Waals surface area contributed by atoms with Gasteiger partial charge in [-0.3, -0.25) is 9.69 Å². The average molecular weight is 364 g/mol. The average Bonchev–Trinajstić information content (AvgIpc) is 3.10. The van der Waals surface area contributed by atoms with Crippen LogP contribution in [0.25, 0.3) is 6.08 Å². The van der Waals surface area contributed by atoms with Crippen molar-refractivity contribution in [2.75, 3.05) is 6.79 Å². The van der Waals surface area contributed by atoms with Crippen molar-refractivity contribution in [3.8, 4) is 11.5 Å². The molecule has 0 saturated carbocycles. The van der Waals surface area contributed by atoms with Crippen LogP contribution >= 0.6 is 24.0 Å². The first kappa shape index (κ1) is 16.8. The van der Waals surface area contributed by atoms with Gasteiger partial charge < -0.3 is 19.4 Å². The molecular weight excluding hydrogens is 350 g/mol. The van der Waals surface area contributed by atoms with Gasteiger partial charge >= 0.3 is 0 Å². The maximum absolute atomic E-state index is 12.6. The second kappa shape index (κ2) is 6.82. The minimum atomic E-state index is -1.29. The number of fused-ring (bicyclic) bond motifs is 1. The number of amides is 1. The van der Waals surface area contributed by atoms with Crippen LogP contribution in [0.2, 0.25) is 0 Å². The van der Waals surface area contributed by atoms with Crippen LogP contribution in [-0.2, 0) is 9.59 Å². The van der Waals surface area contributed by atoms with Crippen molar-refractivity contribution in [2.45, 2.75) is 25.8 Å². The molecule has 2 aliphatic heterocycles. The zero-order valence-electron chi connectivity index (χ0n) is 12.8. The van der Waals surface area contributed by atoms with Gasteiger partial charge in [0.2, 0.25) is 6.79 Å². The highest BCUT2D eigenvalue weighted by atomic mass is 32.2. The van der Waals surface area contributed by atoms with Crippen LogP contribution in [0.15, 0.2) is 23.1 Å². The van der Waals surface area contributed by atoms with Crippen molar-refractivity contribution in [2.24, 2.45) is 0 Å². The van der Waals surface area contributed by atoms with Gasteiger partial charge in [0.15, 0.2) is 11.5 Å². The van der Waals surface area contributed by atoms with Gasteiger partial charge in [-0.1, -0.05) is 43.4 Å². The van der Waals surface area contributed by atoms with Crippen LogP contribution < -0.4 is 14.6 Å². The zero-order valence-corrected chi connectivity index (χ0v) is 14.4. The summed E-state index contributed by atoms with van der Waals surface area (Å²) in [6.45, 7) is 2.02. The van der Waals surface area contributed by atoms with Gasteiger partial charge in [0.05, 0.1) is 16.9 Å². The lowest BCUT2D eigenvalue weighted by Gasteiger charge is -2.27. The first-order chi connectivity index (χ1) is 11.5. The van der Waals surface area contributed by atoms with E-state index in [1.807, 2.05) is 6.92 Å². The molecule has 3 rings (SSSR count). The predicted octanol–water partition coefficient (Wildman–Crippen LogP) is 1.54. The number of benzene rings is 1. The molecule has 0 N–H and O–H groups in total. The number of carboxylic acid groups (broad SMARTS) is 1. The maximum atomic E-state index is 12.6. The van der Waals surface area contributed by atoms with Gasteiger partial charge in [0, 0.05) is 0 Å². The molecule has 1 saturated heterocycles. The highest BCUT2D eigenvalue weighted by Gasteiger charge is 2.37. The molecule has 0 radical (unpaired) electrons. The Hall–Kier alpha value is -2.06. The van der Waals surface area contributed by atoms with E-state index in [2.05, 4.69) is 0 Å².